The van der Waals surface area contributed by atoms with Crippen LogP contribution in [0.25, 0.3) is 0 Å². The summed E-state index contributed by atoms with van der Waals surface area (Å²) in [5, 5.41) is 10.9. The molecule has 0 aliphatic rings. The molecule has 0 aliphatic carbocycles. The Balaban J connectivity index is 3.08. The molecule has 0 radical (unpaired) electrons. The summed E-state index contributed by atoms with van der Waals surface area (Å²) in [6, 6.07) is 1.30. The molecule has 1 heterocycles. The zero-order chi connectivity index (χ0) is 13.0. The molecule has 0 spiro atoms. The van der Waals surface area contributed by atoms with Crippen LogP contribution in [0.15, 0.2) is 6.07 Å². The molecule has 0 N–H and O–H groups in total. The highest BCUT2D eigenvalue weighted by Gasteiger charge is 2.20. The van der Waals surface area contributed by atoms with E-state index in [1.807, 2.05) is 0 Å². The van der Waals surface area contributed by atoms with Gasteiger partial charge in [0.1, 0.15) is 10.8 Å². The highest BCUT2D eigenvalue weighted by atomic mass is 35.5. The number of aryl methyl sites for hydroxylation is 1. The highest BCUT2D eigenvalue weighted by Crippen LogP contribution is 2.23. The molecule has 92 valence electrons. The van der Waals surface area contributed by atoms with Gasteiger partial charge in [-0.1, -0.05) is 11.6 Å². The van der Waals surface area contributed by atoms with E-state index in [-0.39, 0.29) is 29.6 Å². The molecule has 0 aromatic carbocycles. The molecule has 1 rings (SSSR count). The monoisotopic (exact) mass is 258 g/mol. The fraction of sp³-hybridized carbons (Fsp3) is 0.400. The lowest BCUT2D eigenvalue weighted by atomic mass is 10.2. The van der Waals surface area contributed by atoms with E-state index < -0.39 is 10.9 Å². The first-order valence-electron chi connectivity index (χ1n) is 4.91. The van der Waals surface area contributed by atoms with Crippen molar-refractivity contribution in [1.82, 2.24) is 4.98 Å². The molecule has 0 bridgehead atoms. The van der Waals surface area contributed by atoms with Gasteiger partial charge in [0, 0.05) is 6.07 Å². The summed E-state index contributed by atoms with van der Waals surface area (Å²) in [6.07, 6.45) is -0.260. The third-order valence-electron chi connectivity index (χ3n) is 2.02. The van der Waals surface area contributed by atoms with Crippen molar-refractivity contribution in [3.8, 4) is 0 Å². The van der Waals surface area contributed by atoms with Gasteiger partial charge in [-0.25, -0.2) is 4.98 Å². The fourth-order valence-electron chi connectivity index (χ4n) is 1.25. The van der Waals surface area contributed by atoms with E-state index >= 15 is 0 Å². The van der Waals surface area contributed by atoms with E-state index in [0.717, 1.165) is 0 Å². The molecule has 0 amide bonds. The Hall–Kier alpha value is -1.69. The Kier molecular flexibility index (Phi) is 4.39. The Morgan fingerprint density at radius 1 is 1.65 bits per heavy atom. The van der Waals surface area contributed by atoms with Crippen molar-refractivity contribution in [3.05, 3.63) is 32.6 Å². The van der Waals surface area contributed by atoms with Crippen molar-refractivity contribution in [2.75, 3.05) is 6.61 Å². The van der Waals surface area contributed by atoms with E-state index in [0.29, 0.717) is 5.56 Å². The summed E-state index contributed by atoms with van der Waals surface area (Å²) < 4.78 is 4.71. The van der Waals surface area contributed by atoms with Crippen molar-refractivity contribution in [1.29, 1.82) is 0 Å². The predicted molar refractivity (Wildman–Crippen MR) is 61.0 cm³/mol. The molecule has 0 aliphatic heterocycles. The lowest BCUT2D eigenvalue weighted by molar-refractivity contribution is -0.385. The first kappa shape index (κ1) is 13.4. The van der Waals surface area contributed by atoms with E-state index in [1.54, 1.807) is 13.8 Å². The van der Waals surface area contributed by atoms with Crippen molar-refractivity contribution in [3.63, 3.8) is 0 Å². The van der Waals surface area contributed by atoms with Crippen LogP contribution < -0.4 is 0 Å². The number of nitro groups is 1. The minimum Gasteiger partial charge on any atom is -0.466 e. The molecule has 0 unspecified atom stereocenters. The SMILES string of the molecule is CCOC(=O)Cc1nc(Cl)c(C)cc1[N+](=O)[O-]. The predicted octanol–water partition coefficient (Wildman–Crippen LogP) is 2.06. The van der Waals surface area contributed by atoms with Gasteiger partial charge in [0.15, 0.2) is 0 Å². The van der Waals surface area contributed by atoms with E-state index in [1.165, 1.54) is 6.07 Å². The van der Waals surface area contributed by atoms with Crippen molar-refractivity contribution < 1.29 is 14.5 Å². The van der Waals surface area contributed by atoms with Crippen LogP contribution in [-0.2, 0) is 16.0 Å². The third-order valence-corrected chi connectivity index (χ3v) is 2.40. The topological polar surface area (TPSA) is 82.3 Å². The molecule has 0 fully saturated rings. The van der Waals surface area contributed by atoms with Crippen LogP contribution in [0.2, 0.25) is 5.15 Å². The van der Waals surface area contributed by atoms with Gasteiger partial charge in [-0.2, -0.15) is 0 Å². The second-order valence-electron chi connectivity index (χ2n) is 3.30. The van der Waals surface area contributed by atoms with Crippen LogP contribution in [0.3, 0.4) is 0 Å². The maximum Gasteiger partial charge on any atom is 0.312 e. The standard InChI is InChI=1S/C10H11ClN2O4/c1-3-17-9(14)5-7-8(13(15)16)4-6(2)10(11)12-7/h4H,3,5H2,1-2H3. The Labute approximate surface area is 103 Å². The van der Waals surface area contributed by atoms with Gasteiger partial charge < -0.3 is 4.74 Å². The quantitative estimate of drug-likeness (QED) is 0.357. The second kappa shape index (κ2) is 5.58. The number of pyridine rings is 1. The van der Waals surface area contributed by atoms with Gasteiger partial charge in [-0.15, -0.1) is 0 Å². The maximum atomic E-state index is 11.3. The van der Waals surface area contributed by atoms with Gasteiger partial charge >= 0.3 is 5.97 Å². The maximum absolute atomic E-state index is 11.3. The Bertz CT molecular complexity index is 462. The van der Waals surface area contributed by atoms with Crippen molar-refractivity contribution in [2.45, 2.75) is 20.3 Å². The van der Waals surface area contributed by atoms with Crippen LogP contribution in [0.1, 0.15) is 18.2 Å². The Morgan fingerprint density at radius 2 is 2.29 bits per heavy atom. The summed E-state index contributed by atoms with van der Waals surface area (Å²) in [6.45, 7) is 3.48. The molecule has 17 heavy (non-hydrogen) atoms. The van der Waals surface area contributed by atoms with Crippen molar-refractivity contribution >= 4 is 23.3 Å². The largest absolute Gasteiger partial charge is 0.466 e. The van der Waals surface area contributed by atoms with E-state index in [2.05, 4.69) is 4.98 Å². The molecular formula is C10H11ClN2O4. The normalized spacial score (nSPS) is 10.1. The van der Waals surface area contributed by atoms with Crippen LogP contribution in [-0.4, -0.2) is 22.5 Å². The average molecular weight is 259 g/mol. The van der Waals surface area contributed by atoms with Gasteiger partial charge in [0.2, 0.25) is 0 Å². The number of aromatic nitrogens is 1. The first-order chi connectivity index (χ1) is 7.95. The smallest absolute Gasteiger partial charge is 0.312 e. The summed E-state index contributed by atoms with van der Waals surface area (Å²) in [5.74, 6) is -0.567. The number of carbonyl (C=O) groups excluding carboxylic acids is 1. The van der Waals surface area contributed by atoms with Crippen molar-refractivity contribution in [2.24, 2.45) is 0 Å². The van der Waals surface area contributed by atoms with Gasteiger partial charge in [0.05, 0.1) is 18.0 Å². The van der Waals surface area contributed by atoms with Gasteiger partial charge in [-0.3, -0.25) is 14.9 Å². The third kappa shape index (κ3) is 3.39. The average Bonchev–Trinajstić information content (AvgIpc) is 2.23. The highest BCUT2D eigenvalue weighted by molar-refractivity contribution is 6.30. The van der Waals surface area contributed by atoms with Crippen LogP contribution in [0.5, 0.6) is 0 Å². The molecular weight excluding hydrogens is 248 g/mol. The second-order valence-corrected chi connectivity index (χ2v) is 3.66. The Morgan fingerprint density at radius 3 is 2.82 bits per heavy atom. The molecule has 6 nitrogen and oxygen atoms in total. The first-order valence-corrected chi connectivity index (χ1v) is 5.29. The minimum absolute atomic E-state index is 0.0176. The number of hydrogen-bond donors (Lipinski definition) is 0. The number of esters is 1. The molecule has 0 saturated carbocycles. The van der Waals surface area contributed by atoms with Gasteiger partial charge in [0.25, 0.3) is 5.69 Å². The summed E-state index contributed by atoms with van der Waals surface area (Å²) >= 11 is 5.77. The van der Waals surface area contributed by atoms with Crippen LogP contribution in [0.4, 0.5) is 5.69 Å². The molecule has 1 aromatic rings. The number of nitrogens with zero attached hydrogens (tertiary/aromatic N) is 2. The molecule has 7 heteroatoms. The summed E-state index contributed by atoms with van der Waals surface area (Å²) in [4.78, 5) is 25.3. The van der Waals surface area contributed by atoms with E-state index in [9.17, 15) is 14.9 Å². The number of rotatable bonds is 4. The van der Waals surface area contributed by atoms with Gasteiger partial charge in [-0.05, 0) is 19.4 Å². The fourth-order valence-corrected chi connectivity index (χ4v) is 1.41. The number of halogens is 1. The van der Waals surface area contributed by atoms with Crippen LogP contribution in [0, 0.1) is 17.0 Å². The zero-order valence-electron chi connectivity index (χ0n) is 9.40. The number of ether oxygens (including phenoxy) is 1. The number of hydrogen-bond acceptors (Lipinski definition) is 5. The van der Waals surface area contributed by atoms with Crippen LogP contribution >= 0.6 is 11.6 Å². The molecule has 0 atom stereocenters. The lowest BCUT2D eigenvalue weighted by Gasteiger charge is -2.04. The molecule has 0 saturated heterocycles. The zero-order valence-corrected chi connectivity index (χ0v) is 10.2. The van der Waals surface area contributed by atoms with E-state index in [4.69, 9.17) is 16.3 Å². The number of carbonyl (C=O) groups is 1. The molecule has 1 aromatic heterocycles. The lowest BCUT2D eigenvalue weighted by Crippen LogP contribution is -2.11. The summed E-state index contributed by atoms with van der Waals surface area (Å²) in [7, 11) is 0. The minimum atomic E-state index is -0.592. The summed E-state index contributed by atoms with van der Waals surface area (Å²) in [5.41, 5.74) is 0.287.